The number of likely N-dealkylation sites (tertiary alicyclic amines) is 1. The van der Waals surface area contributed by atoms with Gasteiger partial charge < -0.3 is 15.5 Å². The highest BCUT2D eigenvalue weighted by Crippen LogP contribution is 2.30. The molecule has 2 aromatic rings. The van der Waals surface area contributed by atoms with Crippen LogP contribution in [0, 0.1) is 0 Å². The molecule has 2 heterocycles. The van der Waals surface area contributed by atoms with E-state index in [0.29, 0.717) is 24.4 Å². The molecular weight excluding hydrogens is 370 g/mol. The number of nitrogens with two attached hydrogens (primary N) is 1. The summed E-state index contributed by atoms with van der Waals surface area (Å²) in [5.41, 5.74) is 8.87. The smallest absolute Gasteiger partial charge is 0.254 e. The van der Waals surface area contributed by atoms with Gasteiger partial charge in [-0.2, -0.15) is 0 Å². The van der Waals surface area contributed by atoms with Crippen molar-refractivity contribution in [3.05, 3.63) is 59.7 Å². The minimum atomic E-state index is 0.0361. The molecule has 0 aromatic heterocycles. The van der Waals surface area contributed by atoms with Crippen LogP contribution in [0.25, 0.3) is 0 Å². The van der Waals surface area contributed by atoms with Gasteiger partial charge in [0, 0.05) is 36.3 Å². The SMILES string of the molecule is NC1CCN(C(=O)c2ccccc2SCC(=O)N2CCc3ccccc32)CC1. The van der Waals surface area contributed by atoms with Gasteiger partial charge in [-0.1, -0.05) is 30.3 Å². The number of amides is 2. The van der Waals surface area contributed by atoms with E-state index in [9.17, 15) is 9.59 Å². The van der Waals surface area contributed by atoms with Gasteiger partial charge in [0.25, 0.3) is 5.91 Å². The van der Waals surface area contributed by atoms with Crippen LogP contribution in [0.2, 0.25) is 0 Å². The van der Waals surface area contributed by atoms with Crippen molar-refractivity contribution in [1.82, 2.24) is 4.90 Å². The van der Waals surface area contributed by atoms with Crippen LogP contribution >= 0.6 is 11.8 Å². The van der Waals surface area contributed by atoms with Crippen molar-refractivity contribution < 1.29 is 9.59 Å². The third-order valence-corrected chi connectivity index (χ3v) is 6.54. The van der Waals surface area contributed by atoms with Crippen molar-refractivity contribution in [2.24, 2.45) is 5.73 Å². The average molecular weight is 396 g/mol. The van der Waals surface area contributed by atoms with Gasteiger partial charge in [0.2, 0.25) is 5.91 Å². The second kappa shape index (κ2) is 8.37. The second-order valence-electron chi connectivity index (χ2n) is 7.34. The lowest BCUT2D eigenvalue weighted by Crippen LogP contribution is -2.43. The second-order valence-corrected chi connectivity index (χ2v) is 8.36. The Kier molecular flexibility index (Phi) is 5.69. The normalized spacial score (nSPS) is 16.9. The lowest BCUT2D eigenvalue weighted by molar-refractivity contribution is -0.116. The van der Waals surface area contributed by atoms with E-state index in [2.05, 4.69) is 6.07 Å². The van der Waals surface area contributed by atoms with Gasteiger partial charge in [0.15, 0.2) is 0 Å². The number of hydrogen-bond acceptors (Lipinski definition) is 4. The van der Waals surface area contributed by atoms with Crippen LogP contribution in [0.15, 0.2) is 53.4 Å². The third kappa shape index (κ3) is 3.93. The minimum Gasteiger partial charge on any atom is -0.338 e. The number of anilines is 1. The number of fused-ring (bicyclic) bond motifs is 1. The Morgan fingerprint density at radius 2 is 1.71 bits per heavy atom. The van der Waals surface area contributed by atoms with Crippen LogP contribution in [0.4, 0.5) is 5.69 Å². The van der Waals surface area contributed by atoms with E-state index in [0.717, 1.165) is 36.4 Å². The van der Waals surface area contributed by atoms with Gasteiger partial charge >= 0.3 is 0 Å². The number of nitrogens with zero attached hydrogens (tertiary/aromatic N) is 2. The fourth-order valence-electron chi connectivity index (χ4n) is 3.86. The average Bonchev–Trinajstić information content (AvgIpc) is 3.16. The Labute approximate surface area is 169 Å². The van der Waals surface area contributed by atoms with Crippen molar-refractivity contribution >= 4 is 29.3 Å². The van der Waals surface area contributed by atoms with Crippen LogP contribution in [-0.4, -0.2) is 48.1 Å². The fraction of sp³-hybridized carbons (Fsp3) is 0.364. The number of para-hydroxylation sites is 1. The van der Waals surface area contributed by atoms with Crippen molar-refractivity contribution in [3.8, 4) is 0 Å². The molecule has 1 saturated heterocycles. The first-order valence-electron chi connectivity index (χ1n) is 9.78. The van der Waals surface area contributed by atoms with E-state index >= 15 is 0 Å². The summed E-state index contributed by atoms with van der Waals surface area (Å²) in [6.45, 7) is 2.12. The maximum atomic E-state index is 13.0. The Morgan fingerprint density at radius 3 is 2.54 bits per heavy atom. The van der Waals surface area contributed by atoms with E-state index in [-0.39, 0.29) is 17.9 Å². The number of hydrogen-bond donors (Lipinski definition) is 1. The highest BCUT2D eigenvalue weighted by atomic mass is 32.2. The predicted octanol–water partition coefficient (Wildman–Crippen LogP) is 2.93. The van der Waals surface area contributed by atoms with Crippen molar-refractivity contribution in [2.45, 2.75) is 30.2 Å². The van der Waals surface area contributed by atoms with Crippen molar-refractivity contribution in [3.63, 3.8) is 0 Å². The number of piperidine rings is 1. The molecule has 2 amide bonds. The van der Waals surface area contributed by atoms with Crippen LogP contribution in [0.5, 0.6) is 0 Å². The van der Waals surface area contributed by atoms with Crippen LogP contribution in [-0.2, 0) is 11.2 Å². The molecule has 2 aliphatic rings. The maximum absolute atomic E-state index is 13.0. The zero-order chi connectivity index (χ0) is 19.5. The van der Waals surface area contributed by atoms with E-state index in [1.165, 1.54) is 17.3 Å². The van der Waals surface area contributed by atoms with E-state index in [4.69, 9.17) is 5.73 Å². The molecule has 0 atom stereocenters. The van der Waals surface area contributed by atoms with Crippen molar-refractivity contribution in [1.29, 1.82) is 0 Å². The molecule has 0 aliphatic carbocycles. The summed E-state index contributed by atoms with van der Waals surface area (Å²) in [4.78, 5) is 30.4. The summed E-state index contributed by atoms with van der Waals surface area (Å²) in [6.07, 6.45) is 2.58. The highest BCUT2D eigenvalue weighted by molar-refractivity contribution is 8.00. The molecule has 28 heavy (non-hydrogen) atoms. The molecule has 0 bridgehead atoms. The van der Waals surface area contributed by atoms with Gasteiger partial charge in [-0.05, 0) is 43.0 Å². The summed E-state index contributed by atoms with van der Waals surface area (Å²) >= 11 is 1.45. The molecule has 2 N–H and O–H groups in total. The summed E-state index contributed by atoms with van der Waals surface area (Å²) in [5.74, 6) is 0.443. The quantitative estimate of drug-likeness (QED) is 0.809. The number of rotatable bonds is 4. The molecule has 1 fully saturated rings. The van der Waals surface area contributed by atoms with Gasteiger partial charge in [0.05, 0.1) is 11.3 Å². The first-order valence-corrected chi connectivity index (χ1v) is 10.8. The zero-order valence-corrected chi connectivity index (χ0v) is 16.7. The first kappa shape index (κ1) is 19.0. The fourth-order valence-corrected chi connectivity index (χ4v) is 4.78. The van der Waals surface area contributed by atoms with Crippen LogP contribution < -0.4 is 10.6 Å². The largest absolute Gasteiger partial charge is 0.338 e. The topological polar surface area (TPSA) is 66.6 Å². The highest BCUT2D eigenvalue weighted by Gasteiger charge is 2.26. The molecule has 5 nitrogen and oxygen atoms in total. The molecule has 0 unspecified atom stereocenters. The third-order valence-electron chi connectivity index (χ3n) is 5.48. The number of benzene rings is 2. The van der Waals surface area contributed by atoms with Crippen LogP contribution in [0.3, 0.4) is 0 Å². The Morgan fingerprint density at radius 1 is 1.00 bits per heavy atom. The summed E-state index contributed by atoms with van der Waals surface area (Å²) in [5, 5.41) is 0. The summed E-state index contributed by atoms with van der Waals surface area (Å²) in [6, 6.07) is 15.8. The number of carbonyl (C=O) groups excluding carboxylic acids is 2. The molecular formula is C22H25N3O2S. The van der Waals surface area contributed by atoms with Crippen molar-refractivity contribution in [2.75, 3.05) is 30.3 Å². The molecule has 0 spiro atoms. The van der Waals surface area contributed by atoms with Crippen LogP contribution in [0.1, 0.15) is 28.8 Å². The molecule has 146 valence electrons. The molecule has 2 aliphatic heterocycles. The van der Waals surface area contributed by atoms with Gasteiger partial charge in [-0.15, -0.1) is 11.8 Å². The molecule has 6 heteroatoms. The van der Waals surface area contributed by atoms with E-state index in [1.54, 1.807) is 0 Å². The Balaban J connectivity index is 1.43. The lowest BCUT2D eigenvalue weighted by Gasteiger charge is -2.30. The molecule has 0 saturated carbocycles. The molecule has 2 aromatic carbocycles. The first-order chi connectivity index (χ1) is 13.6. The van der Waals surface area contributed by atoms with Gasteiger partial charge in [-0.25, -0.2) is 0 Å². The minimum absolute atomic E-state index is 0.0361. The van der Waals surface area contributed by atoms with Gasteiger partial charge in [0.1, 0.15) is 0 Å². The maximum Gasteiger partial charge on any atom is 0.254 e. The number of thioether (sulfide) groups is 1. The predicted molar refractivity (Wildman–Crippen MR) is 113 cm³/mol. The molecule has 4 rings (SSSR count). The monoisotopic (exact) mass is 395 g/mol. The lowest BCUT2D eigenvalue weighted by atomic mass is 10.0. The molecule has 0 radical (unpaired) electrons. The van der Waals surface area contributed by atoms with Gasteiger partial charge in [-0.3, -0.25) is 9.59 Å². The van der Waals surface area contributed by atoms with E-state index in [1.807, 2.05) is 52.3 Å². The Hall–Kier alpha value is -2.31. The standard InChI is InChI=1S/C22H25N3O2S/c23-17-10-12-24(13-11-17)22(27)18-6-2-4-8-20(18)28-15-21(26)25-14-9-16-5-1-3-7-19(16)25/h1-8,17H,9-15,23H2. The number of carbonyl (C=O) groups is 2. The zero-order valence-electron chi connectivity index (χ0n) is 15.8. The summed E-state index contributed by atoms with van der Waals surface area (Å²) in [7, 11) is 0. The summed E-state index contributed by atoms with van der Waals surface area (Å²) < 4.78 is 0. The Bertz CT molecular complexity index is 878. The van der Waals surface area contributed by atoms with E-state index < -0.39 is 0 Å².